The summed E-state index contributed by atoms with van der Waals surface area (Å²) >= 11 is 5.92. The topological polar surface area (TPSA) is 60.0 Å². The van der Waals surface area contributed by atoms with Crippen molar-refractivity contribution >= 4 is 11.6 Å². The maximum atomic E-state index is 5.92. The summed E-state index contributed by atoms with van der Waals surface area (Å²) in [7, 11) is 0. The SMILES string of the molecule is CCOc1ccc(-c2n[nH]c(-c3ccc(Cl)cc3)n2)cc1OCC. The minimum Gasteiger partial charge on any atom is -0.490 e. The number of aromatic amines is 1. The lowest BCUT2D eigenvalue weighted by molar-refractivity contribution is 0.288. The summed E-state index contributed by atoms with van der Waals surface area (Å²) in [6, 6.07) is 13.1. The van der Waals surface area contributed by atoms with Gasteiger partial charge in [0.05, 0.1) is 13.2 Å². The van der Waals surface area contributed by atoms with E-state index in [2.05, 4.69) is 15.2 Å². The van der Waals surface area contributed by atoms with Gasteiger partial charge in [0, 0.05) is 16.1 Å². The quantitative estimate of drug-likeness (QED) is 0.711. The molecule has 0 saturated heterocycles. The van der Waals surface area contributed by atoms with E-state index in [0.717, 1.165) is 16.9 Å². The van der Waals surface area contributed by atoms with Gasteiger partial charge in [-0.2, -0.15) is 5.10 Å². The van der Waals surface area contributed by atoms with Crippen LogP contribution in [0.25, 0.3) is 22.8 Å². The first-order valence-corrected chi connectivity index (χ1v) is 8.17. The first-order valence-electron chi connectivity index (χ1n) is 7.79. The molecule has 0 radical (unpaired) electrons. The molecule has 0 atom stereocenters. The number of hydrogen-bond donors (Lipinski definition) is 1. The van der Waals surface area contributed by atoms with Gasteiger partial charge in [-0.1, -0.05) is 11.6 Å². The van der Waals surface area contributed by atoms with Gasteiger partial charge in [0.15, 0.2) is 23.1 Å². The van der Waals surface area contributed by atoms with Gasteiger partial charge in [0.25, 0.3) is 0 Å². The third kappa shape index (κ3) is 3.51. The molecule has 0 spiro atoms. The zero-order valence-electron chi connectivity index (χ0n) is 13.5. The highest BCUT2D eigenvalue weighted by Gasteiger charge is 2.12. The first kappa shape index (κ1) is 16.3. The molecule has 2 aromatic carbocycles. The fourth-order valence-corrected chi connectivity index (χ4v) is 2.44. The number of nitrogens with zero attached hydrogens (tertiary/aromatic N) is 2. The second kappa shape index (κ2) is 7.36. The second-order valence-corrected chi connectivity index (χ2v) is 5.48. The summed E-state index contributed by atoms with van der Waals surface area (Å²) in [6.45, 7) is 5.03. The summed E-state index contributed by atoms with van der Waals surface area (Å²) in [5, 5.41) is 7.94. The molecule has 3 rings (SSSR count). The normalized spacial score (nSPS) is 10.6. The molecule has 0 saturated carbocycles. The second-order valence-electron chi connectivity index (χ2n) is 5.04. The van der Waals surface area contributed by atoms with Gasteiger partial charge in [0.2, 0.25) is 0 Å². The molecule has 1 heterocycles. The molecular weight excluding hydrogens is 326 g/mol. The molecule has 0 aliphatic rings. The fourth-order valence-electron chi connectivity index (χ4n) is 2.32. The number of H-pyrrole nitrogens is 1. The van der Waals surface area contributed by atoms with E-state index in [1.807, 2.05) is 56.3 Å². The monoisotopic (exact) mass is 343 g/mol. The number of hydrogen-bond acceptors (Lipinski definition) is 4. The summed E-state index contributed by atoms with van der Waals surface area (Å²) in [5.41, 5.74) is 1.78. The Balaban J connectivity index is 1.91. The third-order valence-electron chi connectivity index (χ3n) is 3.40. The van der Waals surface area contributed by atoms with Crippen molar-refractivity contribution in [3.8, 4) is 34.3 Å². The number of nitrogens with one attached hydrogen (secondary N) is 1. The minimum absolute atomic E-state index is 0.563. The maximum absolute atomic E-state index is 5.92. The Bertz CT molecular complexity index is 815. The predicted octanol–water partition coefficient (Wildman–Crippen LogP) is 4.59. The van der Waals surface area contributed by atoms with E-state index >= 15 is 0 Å². The van der Waals surface area contributed by atoms with Crippen LogP contribution in [-0.2, 0) is 0 Å². The van der Waals surface area contributed by atoms with E-state index in [-0.39, 0.29) is 0 Å². The minimum atomic E-state index is 0.563. The van der Waals surface area contributed by atoms with Crippen molar-refractivity contribution < 1.29 is 9.47 Å². The van der Waals surface area contributed by atoms with E-state index in [1.165, 1.54) is 0 Å². The average molecular weight is 344 g/mol. The Morgan fingerprint density at radius 3 is 2.29 bits per heavy atom. The molecule has 1 aromatic heterocycles. The Morgan fingerprint density at radius 2 is 1.58 bits per heavy atom. The van der Waals surface area contributed by atoms with Crippen molar-refractivity contribution in [1.29, 1.82) is 0 Å². The number of rotatable bonds is 6. The van der Waals surface area contributed by atoms with Crippen LogP contribution in [0.15, 0.2) is 42.5 Å². The highest BCUT2D eigenvalue weighted by atomic mass is 35.5. The molecule has 0 fully saturated rings. The van der Waals surface area contributed by atoms with Crippen molar-refractivity contribution in [3.05, 3.63) is 47.5 Å². The van der Waals surface area contributed by atoms with Gasteiger partial charge in [-0.3, -0.25) is 5.10 Å². The van der Waals surface area contributed by atoms with E-state index in [4.69, 9.17) is 21.1 Å². The summed E-state index contributed by atoms with van der Waals surface area (Å²) in [4.78, 5) is 4.55. The fraction of sp³-hybridized carbons (Fsp3) is 0.222. The van der Waals surface area contributed by atoms with Gasteiger partial charge in [0.1, 0.15) is 0 Å². The van der Waals surface area contributed by atoms with Crippen LogP contribution < -0.4 is 9.47 Å². The molecule has 0 unspecified atom stereocenters. The van der Waals surface area contributed by atoms with Crippen LogP contribution in [0.1, 0.15) is 13.8 Å². The van der Waals surface area contributed by atoms with Crippen LogP contribution in [0.5, 0.6) is 11.5 Å². The first-order chi connectivity index (χ1) is 11.7. The van der Waals surface area contributed by atoms with E-state index in [1.54, 1.807) is 0 Å². The smallest absolute Gasteiger partial charge is 0.181 e. The van der Waals surface area contributed by atoms with Gasteiger partial charge in [-0.15, -0.1) is 0 Å². The predicted molar refractivity (Wildman–Crippen MR) is 94.6 cm³/mol. The molecule has 0 bridgehead atoms. The van der Waals surface area contributed by atoms with Crippen LogP contribution in [0.2, 0.25) is 5.02 Å². The van der Waals surface area contributed by atoms with Crippen LogP contribution in [-0.4, -0.2) is 28.4 Å². The number of ether oxygens (including phenoxy) is 2. The number of aromatic nitrogens is 3. The van der Waals surface area contributed by atoms with Crippen molar-refractivity contribution in [2.45, 2.75) is 13.8 Å². The third-order valence-corrected chi connectivity index (χ3v) is 3.66. The lowest BCUT2D eigenvalue weighted by Gasteiger charge is -2.11. The molecule has 3 aromatic rings. The number of halogens is 1. The summed E-state index contributed by atoms with van der Waals surface area (Å²) in [5.74, 6) is 2.70. The van der Waals surface area contributed by atoms with Crippen molar-refractivity contribution in [3.63, 3.8) is 0 Å². The van der Waals surface area contributed by atoms with Gasteiger partial charge in [-0.25, -0.2) is 4.98 Å². The van der Waals surface area contributed by atoms with Crippen LogP contribution >= 0.6 is 11.6 Å². The molecule has 5 nitrogen and oxygen atoms in total. The largest absolute Gasteiger partial charge is 0.490 e. The summed E-state index contributed by atoms with van der Waals surface area (Å²) in [6.07, 6.45) is 0. The molecule has 0 aliphatic heterocycles. The lowest BCUT2D eigenvalue weighted by Crippen LogP contribution is -1.98. The molecule has 24 heavy (non-hydrogen) atoms. The zero-order valence-corrected chi connectivity index (χ0v) is 14.3. The Labute approximate surface area is 145 Å². The Morgan fingerprint density at radius 1 is 0.917 bits per heavy atom. The molecule has 0 aliphatic carbocycles. The van der Waals surface area contributed by atoms with Crippen molar-refractivity contribution in [2.75, 3.05) is 13.2 Å². The molecular formula is C18H18ClN3O2. The van der Waals surface area contributed by atoms with E-state index in [9.17, 15) is 0 Å². The highest BCUT2D eigenvalue weighted by Crippen LogP contribution is 2.32. The van der Waals surface area contributed by atoms with Gasteiger partial charge in [-0.05, 0) is 56.3 Å². The van der Waals surface area contributed by atoms with Crippen LogP contribution in [0.4, 0.5) is 0 Å². The van der Waals surface area contributed by atoms with E-state index in [0.29, 0.717) is 35.6 Å². The van der Waals surface area contributed by atoms with E-state index < -0.39 is 0 Å². The van der Waals surface area contributed by atoms with Gasteiger partial charge < -0.3 is 9.47 Å². The standard InChI is InChI=1S/C18H18ClN3O2/c1-3-23-15-10-7-13(11-16(15)24-4-2)18-20-17(21-22-18)12-5-8-14(19)9-6-12/h5-11H,3-4H2,1-2H3,(H,20,21,22). The molecule has 6 heteroatoms. The highest BCUT2D eigenvalue weighted by molar-refractivity contribution is 6.30. The lowest BCUT2D eigenvalue weighted by atomic mass is 10.2. The van der Waals surface area contributed by atoms with Crippen LogP contribution in [0.3, 0.4) is 0 Å². The van der Waals surface area contributed by atoms with Crippen molar-refractivity contribution in [2.24, 2.45) is 0 Å². The zero-order chi connectivity index (χ0) is 16.9. The average Bonchev–Trinajstić information content (AvgIpc) is 3.07. The van der Waals surface area contributed by atoms with Crippen molar-refractivity contribution in [1.82, 2.24) is 15.2 Å². The molecule has 124 valence electrons. The molecule has 0 amide bonds. The maximum Gasteiger partial charge on any atom is 0.181 e. The van der Waals surface area contributed by atoms with Gasteiger partial charge >= 0.3 is 0 Å². The number of benzene rings is 2. The van der Waals surface area contributed by atoms with Crippen LogP contribution in [0, 0.1) is 0 Å². The molecule has 1 N–H and O–H groups in total. The summed E-state index contributed by atoms with van der Waals surface area (Å²) < 4.78 is 11.2. The Hall–Kier alpha value is -2.53. The Kier molecular flexibility index (Phi) is 5.01.